The van der Waals surface area contributed by atoms with Gasteiger partial charge in [-0.2, -0.15) is 0 Å². The van der Waals surface area contributed by atoms with Crippen LogP contribution in [-0.4, -0.2) is 5.97 Å². The Bertz CT molecular complexity index is 459. The molecule has 1 aromatic rings. The lowest BCUT2D eigenvalue weighted by molar-refractivity contribution is -0.134. The molecular weight excluding hydrogens is 315 g/mol. The Balaban J connectivity index is 1.87. The predicted molar refractivity (Wildman–Crippen MR) is 102 cm³/mol. The lowest BCUT2D eigenvalue weighted by Gasteiger charge is -2.05. The summed E-state index contributed by atoms with van der Waals surface area (Å²) in [5.41, 5.74) is 0. The second-order valence-corrected chi connectivity index (χ2v) is 6.90. The van der Waals surface area contributed by atoms with Crippen LogP contribution in [0, 0.1) is 5.82 Å². The van der Waals surface area contributed by atoms with Gasteiger partial charge in [0, 0.05) is 6.42 Å². The summed E-state index contributed by atoms with van der Waals surface area (Å²) in [6.07, 6.45) is 16.9. The monoisotopic (exact) mass is 350 g/mol. The summed E-state index contributed by atoms with van der Waals surface area (Å²) in [4.78, 5) is 11.7. The van der Waals surface area contributed by atoms with Gasteiger partial charge >= 0.3 is 5.97 Å². The van der Waals surface area contributed by atoms with E-state index in [4.69, 9.17) is 4.74 Å². The van der Waals surface area contributed by atoms with Crippen LogP contribution in [0.2, 0.25) is 0 Å². The Kier molecular flexibility index (Phi) is 12.9. The Morgan fingerprint density at radius 1 is 0.800 bits per heavy atom. The van der Waals surface area contributed by atoms with Crippen LogP contribution in [0.4, 0.5) is 4.39 Å². The van der Waals surface area contributed by atoms with Gasteiger partial charge in [-0.05, 0) is 18.6 Å². The lowest BCUT2D eigenvalue weighted by atomic mass is 10.0. The topological polar surface area (TPSA) is 26.3 Å². The standard InChI is InChI=1S/C22H35FO2/c1-2-3-4-5-6-7-8-9-10-11-12-13-14-19-22(24)25-21-18-16-15-17-20(21)23/h15-18H,2-14,19H2,1H3. The third-order valence-electron chi connectivity index (χ3n) is 4.54. The van der Waals surface area contributed by atoms with Gasteiger partial charge in [0.2, 0.25) is 0 Å². The molecule has 0 saturated heterocycles. The van der Waals surface area contributed by atoms with Crippen LogP contribution >= 0.6 is 0 Å². The van der Waals surface area contributed by atoms with Crippen molar-refractivity contribution < 1.29 is 13.9 Å². The number of rotatable bonds is 15. The molecule has 0 fully saturated rings. The third kappa shape index (κ3) is 11.7. The van der Waals surface area contributed by atoms with Gasteiger partial charge in [0.25, 0.3) is 0 Å². The van der Waals surface area contributed by atoms with Crippen LogP contribution in [0.1, 0.15) is 96.8 Å². The Morgan fingerprint density at radius 2 is 1.28 bits per heavy atom. The lowest BCUT2D eigenvalue weighted by Crippen LogP contribution is -2.08. The molecule has 3 heteroatoms. The van der Waals surface area contributed by atoms with Crippen molar-refractivity contribution in [2.45, 2.75) is 96.8 Å². The fourth-order valence-electron chi connectivity index (χ4n) is 2.99. The van der Waals surface area contributed by atoms with Crippen molar-refractivity contribution in [3.63, 3.8) is 0 Å². The van der Waals surface area contributed by atoms with Crippen LogP contribution in [0.15, 0.2) is 24.3 Å². The summed E-state index contributed by atoms with van der Waals surface area (Å²) in [6.45, 7) is 2.26. The van der Waals surface area contributed by atoms with Crippen LogP contribution in [-0.2, 0) is 4.79 Å². The molecule has 0 amide bonds. The fraction of sp³-hybridized carbons (Fsp3) is 0.682. The molecule has 0 bridgehead atoms. The van der Waals surface area contributed by atoms with E-state index in [1.54, 1.807) is 12.1 Å². The first-order valence-electron chi connectivity index (χ1n) is 10.2. The van der Waals surface area contributed by atoms with Crippen LogP contribution in [0.25, 0.3) is 0 Å². The zero-order chi connectivity index (χ0) is 18.2. The number of carbonyl (C=O) groups excluding carboxylic acids is 1. The van der Waals surface area contributed by atoms with Crippen molar-refractivity contribution in [3.8, 4) is 5.75 Å². The molecule has 0 aliphatic heterocycles. The van der Waals surface area contributed by atoms with Crippen LogP contribution in [0.3, 0.4) is 0 Å². The first-order chi connectivity index (χ1) is 12.2. The Hall–Kier alpha value is -1.38. The van der Waals surface area contributed by atoms with E-state index in [9.17, 15) is 9.18 Å². The summed E-state index contributed by atoms with van der Waals surface area (Å²) in [5.74, 6) is -0.795. The maximum absolute atomic E-state index is 13.4. The fourth-order valence-corrected chi connectivity index (χ4v) is 2.99. The third-order valence-corrected chi connectivity index (χ3v) is 4.54. The number of carbonyl (C=O) groups is 1. The van der Waals surface area contributed by atoms with Crippen molar-refractivity contribution in [3.05, 3.63) is 30.1 Å². The molecular formula is C22H35FO2. The van der Waals surface area contributed by atoms with E-state index in [2.05, 4.69) is 6.92 Å². The average Bonchev–Trinajstić information content (AvgIpc) is 2.61. The van der Waals surface area contributed by atoms with Gasteiger partial charge in [-0.1, -0.05) is 96.1 Å². The Labute approximate surface area is 153 Å². The van der Waals surface area contributed by atoms with Crippen molar-refractivity contribution in [2.75, 3.05) is 0 Å². The highest BCUT2D eigenvalue weighted by Gasteiger charge is 2.08. The van der Waals surface area contributed by atoms with E-state index in [0.717, 1.165) is 12.8 Å². The molecule has 0 aliphatic rings. The molecule has 1 rings (SSSR count). The summed E-state index contributed by atoms with van der Waals surface area (Å²) in [6, 6.07) is 6.03. The molecule has 1 aromatic carbocycles. The molecule has 0 aliphatic carbocycles. The van der Waals surface area contributed by atoms with Crippen molar-refractivity contribution in [1.29, 1.82) is 0 Å². The molecule has 0 aromatic heterocycles. The molecule has 25 heavy (non-hydrogen) atoms. The Morgan fingerprint density at radius 3 is 1.80 bits per heavy atom. The van der Waals surface area contributed by atoms with Crippen LogP contribution < -0.4 is 4.74 Å². The second-order valence-electron chi connectivity index (χ2n) is 6.90. The van der Waals surface area contributed by atoms with E-state index in [1.165, 1.54) is 82.8 Å². The summed E-state index contributed by atoms with van der Waals surface area (Å²) in [5, 5.41) is 0. The highest BCUT2D eigenvalue weighted by molar-refractivity contribution is 5.72. The maximum Gasteiger partial charge on any atom is 0.311 e. The molecule has 0 saturated carbocycles. The minimum absolute atomic E-state index is 0.0298. The van der Waals surface area contributed by atoms with Gasteiger partial charge < -0.3 is 4.74 Å². The first kappa shape index (κ1) is 21.7. The molecule has 0 heterocycles. The quantitative estimate of drug-likeness (QED) is 0.190. The largest absolute Gasteiger partial charge is 0.423 e. The van der Waals surface area contributed by atoms with Crippen molar-refractivity contribution in [1.82, 2.24) is 0 Å². The molecule has 142 valence electrons. The second kappa shape index (κ2) is 14.9. The minimum atomic E-state index is -0.485. The highest BCUT2D eigenvalue weighted by atomic mass is 19.1. The summed E-state index contributed by atoms with van der Waals surface area (Å²) < 4.78 is 18.4. The SMILES string of the molecule is CCCCCCCCCCCCCCCC(=O)Oc1ccccc1F. The van der Waals surface area contributed by atoms with Gasteiger partial charge in [0.1, 0.15) is 0 Å². The van der Waals surface area contributed by atoms with Gasteiger partial charge in [0.15, 0.2) is 11.6 Å². The number of hydrogen-bond donors (Lipinski definition) is 0. The number of hydrogen-bond acceptors (Lipinski definition) is 2. The average molecular weight is 351 g/mol. The maximum atomic E-state index is 13.4. The highest BCUT2D eigenvalue weighted by Crippen LogP contribution is 2.17. The van der Waals surface area contributed by atoms with E-state index >= 15 is 0 Å². The van der Waals surface area contributed by atoms with E-state index in [1.807, 2.05) is 0 Å². The molecule has 0 spiro atoms. The summed E-state index contributed by atoms with van der Waals surface area (Å²) >= 11 is 0. The number of para-hydroxylation sites is 1. The van der Waals surface area contributed by atoms with Crippen LogP contribution in [0.5, 0.6) is 5.75 Å². The predicted octanol–water partition coefficient (Wildman–Crippen LogP) is 7.21. The zero-order valence-corrected chi connectivity index (χ0v) is 15.9. The molecule has 0 N–H and O–H groups in total. The molecule has 0 radical (unpaired) electrons. The van der Waals surface area contributed by atoms with Gasteiger partial charge in [-0.3, -0.25) is 4.79 Å². The van der Waals surface area contributed by atoms with Crippen molar-refractivity contribution in [2.24, 2.45) is 0 Å². The molecule has 2 nitrogen and oxygen atoms in total. The number of benzene rings is 1. The number of halogens is 1. The van der Waals surface area contributed by atoms with E-state index in [-0.39, 0.29) is 11.7 Å². The van der Waals surface area contributed by atoms with E-state index < -0.39 is 5.82 Å². The zero-order valence-electron chi connectivity index (χ0n) is 15.9. The number of esters is 1. The smallest absolute Gasteiger partial charge is 0.311 e. The van der Waals surface area contributed by atoms with E-state index in [0.29, 0.717) is 6.42 Å². The number of ether oxygens (including phenoxy) is 1. The van der Waals surface area contributed by atoms with Gasteiger partial charge in [-0.25, -0.2) is 4.39 Å². The first-order valence-corrected chi connectivity index (χ1v) is 10.2. The van der Waals surface area contributed by atoms with Gasteiger partial charge in [-0.15, -0.1) is 0 Å². The molecule has 0 atom stereocenters. The summed E-state index contributed by atoms with van der Waals surface area (Å²) in [7, 11) is 0. The minimum Gasteiger partial charge on any atom is -0.423 e. The normalized spacial score (nSPS) is 10.8. The number of unbranched alkanes of at least 4 members (excludes halogenated alkanes) is 12. The molecule has 0 unspecified atom stereocenters. The van der Waals surface area contributed by atoms with Crippen molar-refractivity contribution >= 4 is 5.97 Å². The van der Waals surface area contributed by atoms with Gasteiger partial charge in [0.05, 0.1) is 0 Å².